The number of aryl methyl sites for hydroxylation is 1. The van der Waals surface area contributed by atoms with Crippen molar-refractivity contribution in [1.82, 2.24) is 4.57 Å². The molecule has 1 aliphatic rings. The Morgan fingerprint density at radius 1 is 0.920 bits per heavy atom. The Morgan fingerprint density at radius 3 is 2.32 bits per heavy atom. The van der Waals surface area contributed by atoms with E-state index >= 15 is 0 Å². The standard InChI is InChI=1S/C23H25NO/c1-23(2,3)17-14-12-16(13-15-17)22(25)24-20-10-6-4-8-18(20)19-9-5-7-11-21(19)24/h4,6,8,10,12-15H,5,7,9,11H2,1-3H3. The van der Waals surface area contributed by atoms with Crippen LogP contribution in [0.15, 0.2) is 48.5 Å². The van der Waals surface area contributed by atoms with E-state index < -0.39 is 0 Å². The minimum atomic E-state index is 0.0970. The van der Waals surface area contributed by atoms with Crippen molar-refractivity contribution in [1.29, 1.82) is 0 Å². The van der Waals surface area contributed by atoms with Crippen LogP contribution in [0.3, 0.4) is 0 Å². The number of fused-ring (bicyclic) bond motifs is 3. The number of hydrogen-bond acceptors (Lipinski definition) is 1. The second-order valence-corrected chi connectivity index (χ2v) is 8.12. The molecule has 0 radical (unpaired) electrons. The van der Waals surface area contributed by atoms with Crippen LogP contribution in [0, 0.1) is 0 Å². The average molecular weight is 331 g/mol. The van der Waals surface area contributed by atoms with Gasteiger partial charge >= 0.3 is 0 Å². The highest BCUT2D eigenvalue weighted by molar-refractivity contribution is 6.04. The molecule has 2 nitrogen and oxygen atoms in total. The maximum absolute atomic E-state index is 13.3. The molecule has 1 aliphatic carbocycles. The number of carbonyl (C=O) groups is 1. The molecule has 0 fully saturated rings. The van der Waals surface area contributed by atoms with Crippen molar-refractivity contribution in [2.45, 2.75) is 51.9 Å². The molecule has 128 valence electrons. The van der Waals surface area contributed by atoms with Crippen LogP contribution in [0.2, 0.25) is 0 Å². The summed E-state index contributed by atoms with van der Waals surface area (Å²) in [4.78, 5) is 13.3. The van der Waals surface area contributed by atoms with E-state index in [9.17, 15) is 4.79 Å². The summed E-state index contributed by atoms with van der Waals surface area (Å²) >= 11 is 0. The van der Waals surface area contributed by atoms with Crippen molar-refractivity contribution in [2.75, 3.05) is 0 Å². The van der Waals surface area contributed by atoms with Gasteiger partial charge in [0.1, 0.15) is 0 Å². The molecule has 0 saturated heterocycles. The summed E-state index contributed by atoms with van der Waals surface area (Å²) in [5.41, 5.74) is 5.77. The first-order valence-corrected chi connectivity index (χ1v) is 9.23. The zero-order valence-corrected chi connectivity index (χ0v) is 15.3. The molecule has 0 spiro atoms. The number of carbonyl (C=O) groups excluding carboxylic acids is 1. The van der Waals surface area contributed by atoms with Crippen molar-refractivity contribution in [3.05, 3.63) is 70.9 Å². The summed E-state index contributed by atoms with van der Waals surface area (Å²) in [5.74, 6) is 0.0970. The fourth-order valence-corrected chi connectivity index (χ4v) is 3.97. The molecule has 3 aromatic rings. The van der Waals surface area contributed by atoms with Crippen LogP contribution < -0.4 is 0 Å². The maximum Gasteiger partial charge on any atom is 0.262 e. The number of para-hydroxylation sites is 1. The van der Waals surface area contributed by atoms with Gasteiger partial charge < -0.3 is 0 Å². The van der Waals surface area contributed by atoms with E-state index in [1.807, 2.05) is 22.8 Å². The molecule has 25 heavy (non-hydrogen) atoms. The zero-order valence-electron chi connectivity index (χ0n) is 15.3. The topological polar surface area (TPSA) is 22.0 Å². The lowest BCUT2D eigenvalue weighted by atomic mass is 9.86. The summed E-state index contributed by atoms with van der Waals surface area (Å²) in [7, 11) is 0. The van der Waals surface area contributed by atoms with Gasteiger partial charge in [-0.25, -0.2) is 0 Å². The molecule has 0 amide bonds. The second-order valence-electron chi connectivity index (χ2n) is 8.12. The molecule has 1 aromatic heterocycles. The second kappa shape index (κ2) is 5.87. The number of rotatable bonds is 1. The van der Waals surface area contributed by atoms with E-state index in [4.69, 9.17) is 0 Å². The minimum absolute atomic E-state index is 0.0970. The normalized spacial score (nSPS) is 14.5. The molecular formula is C23H25NO. The molecule has 4 rings (SSSR count). The number of benzene rings is 2. The van der Waals surface area contributed by atoms with E-state index in [0.29, 0.717) is 0 Å². The van der Waals surface area contributed by atoms with Gasteiger partial charge in [-0.3, -0.25) is 9.36 Å². The summed E-state index contributed by atoms with van der Waals surface area (Å²) in [5, 5.41) is 1.25. The number of aromatic nitrogens is 1. The molecule has 0 atom stereocenters. The third kappa shape index (κ3) is 2.70. The fourth-order valence-electron chi connectivity index (χ4n) is 3.97. The van der Waals surface area contributed by atoms with Gasteiger partial charge in [-0.05, 0) is 60.4 Å². The van der Waals surface area contributed by atoms with Crippen LogP contribution in [0.1, 0.15) is 60.8 Å². The van der Waals surface area contributed by atoms with Crippen LogP contribution in [0.4, 0.5) is 0 Å². The Labute approximate surface area is 149 Å². The highest BCUT2D eigenvalue weighted by Crippen LogP contribution is 2.33. The van der Waals surface area contributed by atoms with Gasteiger partial charge in [0.25, 0.3) is 5.91 Å². The number of hydrogen-bond donors (Lipinski definition) is 0. The lowest BCUT2D eigenvalue weighted by Gasteiger charge is -2.19. The number of nitrogens with zero attached hydrogens (tertiary/aromatic N) is 1. The van der Waals surface area contributed by atoms with Crippen molar-refractivity contribution in [3.63, 3.8) is 0 Å². The first kappa shape index (κ1) is 16.1. The molecule has 2 aromatic carbocycles. The van der Waals surface area contributed by atoms with Crippen LogP contribution in [0.25, 0.3) is 10.9 Å². The SMILES string of the molecule is CC(C)(C)c1ccc(C(=O)n2c3c(c4ccccc42)CCCC3)cc1. The maximum atomic E-state index is 13.3. The van der Waals surface area contributed by atoms with E-state index in [-0.39, 0.29) is 11.3 Å². The van der Waals surface area contributed by atoms with Gasteiger partial charge in [-0.2, -0.15) is 0 Å². The third-order valence-corrected chi connectivity index (χ3v) is 5.38. The van der Waals surface area contributed by atoms with Gasteiger partial charge in [0.15, 0.2) is 0 Å². The highest BCUT2D eigenvalue weighted by atomic mass is 16.2. The largest absolute Gasteiger partial charge is 0.280 e. The predicted molar refractivity (Wildman–Crippen MR) is 103 cm³/mol. The van der Waals surface area contributed by atoms with Crippen LogP contribution >= 0.6 is 0 Å². The average Bonchev–Trinajstić information content (AvgIpc) is 2.95. The summed E-state index contributed by atoms with van der Waals surface area (Å²) in [6, 6.07) is 16.5. The third-order valence-electron chi connectivity index (χ3n) is 5.38. The van der Waals surface area contributed by atoms with Crippen LogP contribution in [-0.4, -0.2) is 10.5 Å². The predicted octanol–water partition coefficient (Wildman–Crippen LogP) is 5.51. The van der Waals surface area contributed by atoms with Gasteiger partial charge in [-0.15, -0.1) is 0 Å². The molecule has 0 aliphatic heterocycles. The summed E-state index contributed by atoms with van der Waals surface area (Å²) < 4.78 is 1.97. The molecular weight excluding hydrogens is 306 g/mol. The Morgan fingerprint density at radius 2 is 1.60 bits per heavy atom. The summed E-state index contributed by atoms with van der Waals surface area (Å²) in [6.07, 6.45) is 4.46. The molecule has 0 unspecified atom stereocenters. The van der Waals surface area contributed by atoms with Gasteiger partial charge in [-0.1, -0.05) is 51.1 Å². The lowest BCUT2D eigenvalue weighted by Crippen LogP contribution is -2.17. The Balaban J connectivity index is 1.83. The van der Waals surface area contributed by atoms with E-state index in [0.717, 1.165) is 23.9 Å². The van der Waals surface area contributed by atoms with Crippen molar-refractivity contribution >= 4 is 16.8 Å². The zero-order chi connectivity index (χ0) is 17.6. The lowest BCUT2D eigenvalue weighted by molar-refractivity contribution is 0.0961. The Hall–Kier alpha value is -2.35. The van der Waals surface area contributed by atoms with Crippen LogP contribution in [-0.2, 0) is 18.3 Å². The first-order chi connectivity index (χ1) is 12.0. The van der Waals surface area contributed by atoms with Crippen LogP contribution in [0.5, 0.6) is 0 Å². The molecule has 0 N–H and O–H groups in total. The van der Waals surface area contributed by atoms with Gasteiger partial charge in [0.2, 0.25) is 0 Å². The van der Waals surface area contributed by atoms with E-state index in [1.54, 1.807) is 0 Å². The molecule has 0 saturated carbocycles. The molecule has 0 bridgehead atoms. The highest BCUT2D eigenvalue weighted by Gasteiger charge is 2.24. The van der Waals surface area contributed by atoms with Gasteiger partial charge in [0.05, 0.1) is 5.52 Å². The van der Waals surface area contributed by atoms with E-state index in [2.05, 4.69) is 51.1 Å². The van der Waals surface area contributed by atoms with Crippen molar-refractivity contribution in [2.24, 2.45) is 0 Å². The minimum Gasteiger partial charge on any atom is -0.280 e. The smallest absolute Gasteiger partial charge is 0.262 e. The first-order valence-electron chi connectivity index (χ1n) is 9.23. The van der Waals surface area contributed by atoms with Crippen molar-refractivity contribution < 1.29 is 4.79 Å². The Kier molecular flexibility index (Phi) is 3.79. The fraction of sp³-hybridized carbons (Fsp3) is 0.348. The van der Waals surface area contributed by atoms with Crippen molar-refractivity contribution in [3.8, 4) is 0 Å². The summed E-state index contributed by atoms with van der Waals surface area (Å²) in [6.45, 7) is 6.58. The van der Waals surface area contributed by atoms with Gasteiger partial charge in [0, 0.05) is 16.6 Å². The van der Waals surface area contributed by atoms with E-state index in [1.165, 1.54) is 35.0 Å². The molecule has 1 heterocycles. The quantitative estimate of drug-likeness (QED) is 0.576. The monoisotopic (exact) mass is 331 g/mol. The molecule has 2 heteroatoms. The Bertz CT molecular complexity index is 939.